The maximum atomic E-state index is 15.3. The number of amides is 1. The molecule has 1 aliphatic heterocycles. The maximum Gasteiger partial charge on any atom is 0.282 e. The van der Waals surface area contributed by atoms with Crippen molar-refractivity contribution in [3.63, 3.8) is 0 Å². The van der Waals surface area contributed by atoms with E-state index in [2.05, 4.69) is 15.3 Å². The number of primary amides is 1. The number of pyridine rings is 1. The number of halogens is 1. The normalized spacial score (nSPS) is 14.2. The second-order valence-corrected chi connectivity index (χ2v) is 11.5. The largest absolute Gasteiger partial charge is 0.392 e. The van der Waals surface area contributed by atoms with Gasteiger partial charge in [-0.3, -0.25) is 14.2 Å². The molecule has 0 atom stereocenters. The molecule has 5 aromatic rings. The number of carbonyl (C=O) groups excluding carboxylic acids is 1. The number of aliphatic hydroxyl groups excluding tert-OH is 1. The molecule has 2 aromatic carbocycles. The summed E-state index contributed by atoms with van der Waals surface area (Å²) in [6.45, 7) is 8.66. The number of carbonyl (C=O) groups is 1. The Bertz CT molecular complexity index is 1920. The fourth-order valence-electron chi connectivity index (χ4n) is 5.53. The molecule has 4 N–H and O–H groups in total. The summed E-state index contributed by atoms with van der Waals surface area (Å²) in [7, 11) is 0. The Labute approximate surface area is 241 Å². The van der Waals surface area contributed by atoms with Crippen molar-refractivity contribution in [2.24, 2.45) is 5.73 Å². The molecule has 6 rings (SSSR count). The number of hydrogen-bond donors (Lipinski definition) is 3. The molecule has 42 heavy (non-hydrogen) atoms. The lowest BCUT2D eigenvalue weighted by Crippen LogP contribution is -2.43. The van der Waals surface area contributed by atoms with Gasteiger partial charge in [0.15, 0.2) is 0 Å². The molecule has 4 heterocycles. The Morgan fingerprint density at radius 1 is 1.12 bits per heavy atom. The van der Waals surface area contributed by atoms with Gasteiger partial charge in [-0.1, -0.05) is 26.8 Å². The topological polar surface area (TPSA) is 131 Å². The molecule has 0 spiro atoms. The monoisotopic (exact) mass is 569 g/mol. The van der Waals surface area contributed by atoms with E-state index in [0.29, 0.717) is 27.7 Å². The zero-order chi connectivity index (χ0) is 29.8. The smallest absolute Gasteiger partial charge is 0.282 e. The van der Waals surface area contributed by atoms with Crippen LogP contribution in [0.4, 0.5) is 10.2 Å². The summed E-state index contributed by atoms with van der Waals surface area (Å²) in [5.74, 6) is -0.499. The van der Waals surface area contributed by atoms with Crippen molar-refractivity contribution in [3.05, 3.63) is 87.7 Å². The van der Waals surface area contributed by atoms with Crippen molar-refractivity contribution in [1.29, 1.82) is 0 Å². The third kappa shape index (κ3) is 4.60. The highest BCUT2D eigenvalue weighted by atomic mass is 19.1. The van der Waals surface area contributed by atoms with Crippen LogP contribution in [0.25, 0.3) is 33.2 Å². The number of piperazine rings is 1. The third-order valence-electron chi connectivity index (χ3n) is 7.82. The number of fused-ring (bicyclic) bond motifs is 2. The van der Waals surface area contributed by atoms with E-state index < -0.39 is 23.9 Å². The number of rotatable bonds is 5. The summed E-state index contributed by atoms with van der Waals surface area (Å²) < 4.78 is 18.1. The lowest BCUT2D eigenvalue weighted by atomic mass is 9.86. The molecule has 3 aromatic heterocycles. The molecular formula is C31H32FN7O3. The average Bonchev–Trinajstić information content (AvgIpc) is 3.36. The predicted octanol–water partition coefficient (Wildman–Crippen LogP) is 3.16. The van der Waals surface area contributed by atoms with Gasteiger partial charge in [-0.15, -0.1) is 0 Å². The minimum absolute atomic E-state index is 0.0861. The van der Waals surface area contributed by atoms with Gasteiger partial charge in [0, 0.05) is 48.7 Å². The van der Waals surface area contributed by atoms with Crippen LogP contribution in [0.5, 0.6) is 0 Å². The van der Waals surface area contributed by atoms with Crippen LogP contribution in [0.2, 0.25) is 0 Å². The minimum atomic E-state index is -0.647. The number of nitrogens with one attached hydrogen (secondary N) is 1. The van der Waals surface area contributed by atoms with E-state index in [0.717, 1.165) is 42.2 Å². The summed E-state index contributed by atoms with van der Waals surface area (Å²) in [4.78, 5) is 33.1. The summed E-state index contributed by atoms with van der Waals surface area (Å²) in [6, 6.07) is 11.9. The highest BCUT2D eigenvalue weighted by Gasteiger charge is 2.23. The number of benzene rings is 2. The van der Waals surface area contributed by atoms with Gasteiger partial charge in [0.05, 0.1) is 35.1 Å². The first-order chi connectivity index (χ1) is 20.1. The van der Waals surface area contributed by atoms with Gasteiger partial charge in [0.25, 0.3) is 11.5 Å². The molecule has 11 heteroatoms. The molecule has 1 saturated heterocycles. The molecule has 0 unspecified atom stereocenters. The Morgan fingerprint density at radius 2 is 1.86 bits per heavy atom. The number of aromatic nitrogens is 4. The second-order valence-electron chi connectivity index (χ2n) is 11.5. The molecule has 0 aliphatic carbocycles. The quantitative estimate of drug-likeness (QED) is 0.296. The number of anilines is 1. The molecule has 0 bridgehead atoms. The zero-order valence-electron chi connectivity index (χ0n) is 23.7. The van der Waals surface area contributed by atoms with Crippen LogP contribution in [0.3, 0.4) is 0 Å². The molecule has 1 amide bonds. The summed E-state index contributed by atoms with van der Waals surface area (Å²) in [5.41, 5.74) is 7.38. The van der Waals surface area contributed by atoms with E-state index in [-0.39, 0.29) is 22.1 Å². The molecule has 1 fully saturated rings. The fraction of sp³-hybridized carbons (Fsp3) is 0.290. The van der Waals surface area contributed by atoms with E-state index in [1.165, 1.54) is 12.3 Å². The lowest BCUT2D eigenvalue weighted by molar-refractivity contribution is 0.100. The first-order valence-corrected chi connectivity index (χ1v) is 13.8. The minimum Gasteiger partial charge on any atom is -0.392 e. The predicted molar refractivity (Wildman–Crippen MR) is 160 cm³/mol. The number of hydrogen-bond acceptors (Lipinski definition) is 7. The van der Waals surface area contributed by atoms with Gasteiger partial charge in [-0.25, -0.2) is 9.37 Å². The first kappa shape index (κ1) is 27.6. The van der Waals surface area contributed by atoms with Crippen molar-refractivity contribution >= 4 is 33.5 Å². The Kier molecular flexibility index (Phi) is 6.78. The molecule has 216 valence electrons. The van der Waals surface area contributed by atoms with E-state index in [9.17, 15) is 14.7 Å². The first-order valence-electron chi connectivity index (χ1n) is 13.8. The standard InChI is InChI=1S/C31H32FN7O3/c1-31(2,3)19-13-18-15-35-39(30(42)27(18)23(32)14-19)25-6-4-5-24(22(25)17-40)38-16-21(28(33)41)20-7-8-26(36-29(20)38)37-11-9-34-10-12-37/h4-8,13-16,34,40H,9-12,17H2,1-3H3,(H2,33,41). The zero-order valence-corrected chi connectivity index (χ0v) is 23.7. The Hall–Kier alpha value is -4.61. The lowest BCUT2D eigenvalue weighted by Gasteiger charge is -2.28. The number of nitrogens with two attached hydrogens (primary N) is 1. The van der Waals surface area contributed by atoms with Crippen LogP contribution < -0.4 is 21.5 Å². The number of aliphatic hydroxyl groups is 1. The molecule has 0 radical (unpaired) electrons. The molecule has 1 aliphatic rings. The second kappa shape index (κ2) is 10.3. The highest BCUT2D eigenvalue weighted by Crippen LogP contribution is 2.31. The van der Waals surface area contributed by atoms with Crippen LogP contribution in [0.1, 0.15) is 42.3 Å². The van der Waals surface area contributed by atoms with E-state index in [4.69, 9.17) is 10.7 Å². The third-order valence-corrected chi connectivity index (χ3v) is 7.82. The van der Waals surface area contributed by atoms with Crippen LogP contribution in [0.15, 0.2) is 59.7 Å². The summed E-state index contributed by atoms with van der Waals surface area (Å²) in [5, 5.41) is 19.2. The van der Waals surface area contributed by atoms with Gasteiger partial charge in [-0.05, 0) is 47.4 Å². The van der Waals surface area contributed by atoms with Crippen LogP contribution >= 0.6 is 0 Å². The fourth-order valence-corrected chi connectivity index (χ4v) is 5.53. The van der Waals surface area contributed by atoms with E-state index >= 15 is 4.39 Å². The average molecular weight is 570 g/mol. The number of nitrogens with zero attached hydrogens (tertiary/aromatic N) is 5. The van der Waals surface area contributed by atoms with Crippen LogP contribution in [-0.4, -0.2) is 56.5 Å². The summed E-state index contributed by atoms with van der Waals surface area (Å²) in [6.07, 6.45) is 3.05. The van der Waals surface area contributed by atoms with E-state index in [1.807, 2.05) is 32.9 Å². The Morgan fingerprint density at radius 3 is 2.55 bits per heavy atom. The van der Waals surface area contributed by atoms with E-state index in [1.54, 1.807) is 35.0 Å². The highest BCUT2D eigenvalue weighted by molar-refractivity contribution is 6.06. The maximum absolute atomic E-state index is 15.3. The SMILES string of the molecule is CC(C)(C)c1cc(F)c2c(=O)n(-c3cccc(-n4cc(C(N)=O)c5ccc(N6CCNCC6)nc54)c3CO)ncc2c1. The van der Waals surface area contributed by atoms with Crippen LogP contribution in [-0.2, 0) is 12.0 Å². The molecular weight excluding hydrogens is 537 g/mol. The van der Waals surface area contributed by atoms with Gasteiger partial charge in [-0.2, -0.15) is 9.78 Å². The Balaban J connectivity index is 1.55. The van der Waals surface area contributed by atoms with Crippen molar-refractivity contribution in [2.75, 3.05) is 31.1 Å². The van der Waals surface area contributed by atoms with Gasteiger partial charge in [0.1, 0.15) is 17.3 Å². The van der Waals surface area contributed by atoms with Gasteiger partial charge in [0.2, 0.25) is 0 Å². The molecule has 10 nitrogen and oxygen atoms in total. The van der Waals surface area contributed by atoms with Crippen molar-refractivity contribution in [3.8, 4) is 11.4 Å². The van der Waals surface area contributed by atoms with Crippen molar-refractivity contribution < 1.29 is 14.3 Å². The summed E-state index contributed by atoms with van der Waals surface area (Å²) >= 11 is 0. The van der Waals surface area contributed by atoms with Crippen molar-refractivity contribution in [2.45, 2.75) is 32.8 Å². The van der Waals surface area contributed by atoms with Crippen molar-refractivity contribution in [1.82, 2.24) is 24.6 Å². The van der Waals surface area contributed by atoms with Crippen LogP contribution in [0, 0.1) is 5.82 Å². The molecule has 0 saturated carbocycles. The van der Waals surface area contributed by atoms with Gasteiger partial charge < -0.3 is 21.1 Å². The van der Waals surface area contributed by atoms with Gasteiger partial charge >= 0.3 is 0 Å².